The number of piperidine rings is 1. The standard InChI is InChI=1S/C27H28N4O/c1-18-6-10-21(11-7-18)28-27(32)22-17-20(9-13-25(22)31-14-4-3-5-15-31)26-29-23-12-8-19(2)16-24(23)30-26/h6-13,16-17H,3-5,14-15H2,1-2H3,(H,28,32)(H,29,30). The third kappa shape index (κ3) is 4.11. The summed E-state index contributed by atoms with van der Waals surface area (Å²) in [5.41, 5.74) is 7.67. The van der Waals surface area contributed by atoms with Crippen LogP contribution in [0.5, 0.6) is 0 Å². The Morgan fingerprint density at radius 2 is 1.66 bits per heavy atom. The number of hydrogen-bond acceptors (Lipinski definition) is 3. The maximum Gasteiger partial charge on any atom is 0.257 e. The highest BCUT2D eigenvalue weighted by molar-refractivity contribution is 6.09. The lowest BCUT2D eigenvalue weighted by Crippen LogP contribution is -2.31. The third-order valence-corrected chi connectivity index (χ3v) is 6.16. The van der Waals surface area contributed by atoms with Crippen molar-refractivity contribution < 1.29 is 4.79 Å². The van der Waals surface area contributed by atoms with E-state index in [-0.39, 0.29) is 5.91 Å². The number of amides is 1. The van der Waals surface area contributed by atoms with Gasteiger partial charge in [-0.15, -0.1) is 0 Å². The minimum Gasteiger partial charge on any atom is -0.371 e. The van der Waals surface area contributed by atoms with Crippen molar-refractivity contribution in [3.05, 3.63) is 77.4 Å². The predicted octanol–water partition coefficient (Wildman–Crippen LogP) is 6.09. The quantitative estimate of drug-likeness (QED) is 0.417. The van der Waals surface area contributed by atoms with Gasteiger partial charge in [-0.2, -0.15) is 0 Å². The van der Waals surface area contributed by atoms with Crippen LogP contribution >= 0.6 is 0 Å². The topological polar surface area (TPSA) is 61.0 Å². The molecule has 2 heterocycles. The number of aryl methyl sites for hydroxylation is 2. The molecule has 0 aliphatic carbocycles. The first-order valence-electron chi connectivity index (χ1n) is 11.3. The number of H-pyrrole nitrogens is 1. The van der Waals surface area contributed by atoms with Gasteiger partial charge in [-0.25, -0.2) is 4.98 Å². The average molecular weight is 425 g/mol. The van der Waals surface area contributed by atoms with Gasteiger partial charge in [0, 0.05) is 30.0 Å². The maximum absolute atomic E-state index is 13.4. The number of fused-ring (bicyclic) bond motifs is 1. The Bertz CT molecular complexity index is 1270. The molecule has 0 unspecified atom stereocenters. The smallest absolute Gasteiger partial charge is 0.257 e. The van der Waals surface area contributed by atoms with E-state index in [1.165, 1.54) is 17.5 Å². The molecular formula is C27H28N4O. The fourth-order valence-electron chi connectivity index (χ4n) is 4.37. The number of imidazole rings is 1. The number of nitrogens with zero attached hydrogens (tertiary/aromatic N) is 2. The van der Waals surface area contributed by atoms with Crippen LogP contribution < -0.4 is 10.2 Å². The van der Waals surface area contributed by atoms with Crippen LogP contribution in [0.3, 0.4) is 0 Å². The van der Waals surface area contributed by atoms with Crippen molar-refractivity contribution in [3.63, 3.8) is 0 Å². The van der Waals surface area contributed by atoms with Gasteiger partial charge in [0.05, 0.1) is 16.6 Å². The van der Waals surface area contributed by atoms with Crippen LogP contribution in [-0.4, -0.2) is 29.0 Å². The SMILES string of the molecule is Cc1ccc(NC(=O)c2cc(-c3nc4ccc(C)cc4[nH]3)ccc2N2CCCCC2)cc1. The minimum absolute atomic E-state index is 0.0942. The number of nitrogens with one attached hydrogen (secondary N) is 2. The summed E-state index contributed by atoms with van der Waals surface area (Å²) in [5, 5.41) is 3.08. The van der Waals surface area contributed by atoms with E-state index in [2.05, 4.69) is 46.4 Å². The van der Waals surface area contributed by atoms with E-state index in [0.717, 1.165) is 59.7 Å². The van der Waals surface area contributed by atoms with Crippen LogP contribution in [0.15, 0.2) is 60.7 Å². The first kappa shape index (κ1) is 20.3. The molecule has 4 aromatic rings. The van der Waals surface area contributed by atoms with Crippen LogP contribution in [0.25, 0.3) is 22.4 Å². The van der Waals surface area contributed by atoms with Crippen molar-refractivity contribution >= 4 is 28.3 Å². The van der Waals surface area contributed by atoms with Gasteiger partial charge in [-0.1, -0.05) is 23.8 Å². The Morgan fingerprint density at radius 1 is 0.906 bits per heavy atom. The maximum atomic E-state index is 13.4. The first-order valence-corrected chi connectivity index (χ1v) is 11.3. The zero-order valence-electron chi connectivity index (χ0n) is 18.6. The zero-order valence-corrected chi connectivity index (χ0v) is 18.6. The van der Waals surface area contributed by atoms with E-state index in [4.69, 9.17) is 4.98 Å². The summed E-state index contributed by atoms with van der Waals surface area (Å²) in [5.74, 6) is 0.684. The zero-order chi connectivity index (χ0) is 22.1. The number of aromatic amines is 1. The van der Waals surface area contributed by atoms with Crippen LogP contribution in [-0.2, 0) is 0 Å². The van der Waals surface area contributed by atoms with Gasteiger partial charge in [0.25, 0.3) is 5.91 Å². The van der Waals surface area contributed by atoms with Crippen LogP contribution in [0, 0.1) is 13.8 Å². The molecule has 2 N–H and O–H groups in total. The first-order chi connectivity index (χ1) is 15.6. The molecule has 5 nitrogen and oxygen atoms in total. The highest BCUT2D eigenvalue weighted by Gasteiger charge is 2.20. The van der Waals surface area contributed by atoms with Gasteiger partial charge in [0.2, 0.25) is 0 Å². The Labute approximate surface area is 188 Å². The second-order valence-corrected chi connectivity index (χ2v) is 8.71. The molecule has 0 saturated carbocycles. The molecule has 0 bridgehead atoms. The average Bonchev–Trinajstić information content (AvgIpc) is 3.24. The molecule has 1 aliphatic rings. The van der Waals surface area contributed by atoms with Crippen LogP contribution in [0.2, 0.25) is 0 Å². The number of carbonyl (C=O) groups excluding carboxylic acids is 1. The van der Waals surface area contributed by atoms with E-state index in [0.29, 0.717) is 5.56 Å². The van der Waals surface area contributed by atoms with Crippen LogP contribution in [0.4, 0.5) is 11.4 Å². The number of benzene rings is 3. The number of anilines is 2. The van der Waals surface area contributed by atoms with E-state index in [1.807, 2.05) is 43.3 Å². The van der Waals surface area contributed by atoms with E-state index < -0.39 is 0 Å². The molecule has 0 spiro atoms. The fraction of sp³-hybridized carbons (Fsp3) is 0.259. The lowest BCUT2D eigenvalue weighted by molar-refractivity contribution is 0.102. The molecule has 0 radical (unpaired) electrons. The fourth-order valence-corrected chi connectivity index (χ4v) is 4.37. The second kappa shape index (κ2) is 8.50. The Balaban J connectivity index is 1.54. The van der Waals surface area contributed by atoms with Crippen molar-refractivity contribution in [3.8, 4) is 11.4 Å². The Morgan fingerprint density at radius 3 is 2.44 bits per heavy atom. The van der Waals surface area contributed by atoms with Gasteiger partial charge in [-0.3, -0.25) is 4.79 Å². The number of hydrogen-bond donors (Lipinski definition) is 2. The molecule has 0 atom stereocenters. The van der Waals surface area contributed by atoms with Crippen molar-refractivity contribution in [1.82, 2.24) is 9.97 Å². The van der Waals surface area contributed by atoms with Gasteiger partial charge < -0.3 is 15.2 Å². The molecule has 1 aliphatic heterocycles. The third-order valence-electron chi connectivity index (χ3n) is 6.16. The minimum atomic E-state index is -0.0942. The molecule has 5 heteroatoms. The largest absolute Gasteiger partial charge is 0.371 e. The van der Waals surface area contributed by atoms with Gasteiger partial charge in [0.15, 0.2) is 0 Å². The highest BCUT2D eigenvalue weighted by atomic mass is 16.1. The number of aromatic nitrogens is 2. The molecule has 5 rings (SSSR count). The number of carbonyl (C=O) groups is 1. The van der Waals surface area contributed by atoms with Crippen molar-refractivity contribution in [2.24, 2.45) is 0 Å². The summed E-state index contributed by atoms with van der Waals surface area (Å²) in [6, 6.07) is 20.2. The normalized spacial score (nSPS) is 14.0. The molecule has 1 aromatic heterocycles. The van der Waals surface area contributed by atoms with Crippen molar-refractivity contribution in [1.29, 1.82) is 0 Å². The molecule has 1 saturated heterocycles. The van der Waals surface area contributed by atoms with Crippen LogP contribution in [0.1, 0.15) is 40.7 Å². The predicted molar refractivity (Wildman–Crippen MR) is 131 cm³/mol. The van der Waals surface area contributed by atoms with Gasteiger partial charge in [0.1, 0.15) is 5.82 Å². The lowest BCUT2D eigenvalue weighted by Gasteiger charge is -2.30. The van der Waals surface area contributed by atoms with Crippen molar-refractivity contribution in [2.45, 2.75) is 33.1 Å². The molecule has 162 valence electrons. The Hall–Kier alpha value is -3.60. The molecule has 1 fully saturated rings. The van der Waals surface area contributed by atoms with Crippen molar-refractivity contribution in [2.75, 3.05) is 23.3 Å². The summed E-state index contributed by atoms with van der Waals surface area (Å²) in [4.78, 5) is 23.9. The monoisotopic (exact) mass is 424 g/mol. The summed E-state index contributed by atoms with van der Waals surface area (Å²) in [7, 11) is 0. The molecule has 32 heavy (non-hydrogen) atoms. The van der Waals surface area contributed by atoms with E-state index in [1.54, 1.807) is 0 Å². The summed E-state index contributed by atoms with van der Waals surface area (Å²) < 4.78 is 0. The molecule has 3 aromatic carbocycles. The van der Waals surface area contributed by atoms with E-state index >= 15 is 0 Å². The molecular weight excluding hydrogens is 396 g/mol. The van der Waals surface area contributed by atoms with Gasteiger partial charge >= 0.3 is 0 Å². The summed E-state index contributed by atoms with van der Waals surface area (Å²) in [6.45, 7) is 6.07. The highest BCUT2D eigenvalue weighted by Crippen LogP contribution is 2.30. The van der Waals surface area contributed by atoms with Gasteiger partial charge in [-0.05, 0) is 81.1 Å². The lowest BCUT2D eigenvalue weighted by atomic mass is 10.0. The molecule has 1 amide bonds. The Kier molecular flexibility index (Phi) is 5.39. The second-order valence-electron chi connectivity index (χ2n) is 8.71. The summed E-state index contributed by atoms with van der Waals surface area (Å²) >= 11 is 0. The summed E-state index contributed by atoms with van der Waals surface area (Å²) in [6.07, 6.45) is 3.56. The van der Waals surface area contributed by atoms with E-state index in [9.17, 15) is 4.79 Å². The number of rotatable bonds is 4.